The molecule has 0 heterocycles. The third-order valence-corrected chi connectivity index (χ3v) is 6.21. The van der Waals surface area contributed by atoms with Crippen LogP contribution in [-0.2, 0) is 6.61 Å². The molecule has 5 rings (SSSR count). The third kappa shape index (κ3) is 4.92. The number of aliphatic hydroxyl groups excluding tert-OH is 1. The Hall–Kier alpha value is -4.60. The van der Waals surface area contributed by atoms with Crippen molar-refractivity contribution >= 4 is 11.6 Å². The van der Waals surface area contributed by atoms with Crippen LogP contribution >= 0.6 is 0 Å². The van der Waals surface area contributed by atoms with Crippen LogP contribution in [0.5, 0.6) is 0 Å². The number of aliphatic hydroxyl groups is 1. The second kappa shape index (κ2) is 10.3. The van der Waals surface area contributed by atoms with Gasteiger partial charge in [-0.2, -0.15) is 0 Å². The highest BCUT2D eigenvalue weighted by molar-refractivity contribution is 6.09. The van der Waals surface area contributed by atoms with Gasteiger partial charge < -0.3 is 5.11 Å². The Morgan fingerprint density at radius 2 is 0.806 bits per heavy atom. The molecule has 0 saturated carbocycles. The lowest BCUT2D eigenvalue weighted by atomic mass is 9.94. The van der Waals surface area contributed by atoms with Crippen molar-refractivity contribution in [2.45, 2.75) is 6.61 Å². The Morgan fingerprint density at radius 3 is 1.17 bits per heavy atom. The van der Waals surface area contributed by atoms with Crippen molar-refractivity contribution in [3.63, 3.8) is 0 Å². The molecule has 1 N–H and O–H groups in total. The predicted molar refractivity (Wildman–Crippen MR) is 143 cm³/mol. The normalized spacial score (nSPS) is 10.7. The molecule has 0 aliphatic heterocycles. The molecule has 0 aliphatic rings. The number of ketones is 2. The molecule has 3 nitrogen and oxygen atoms in total. The molecule has 3 heteroatoms. The average Bonchev–Trinajstić information content (AvgIpc) is 2.97. The lowest BCUT2D eigenvalue weighted by Crippen LogP contribution is -2.00. The number of rotatable bonds is 7. The van der Waals surface area contributed by atoms with Crippen LogP contribution in [0.25, 0.3) is 22.3 Å². The molecule has 5 aromatic carbocycles. The molecule has 0 bridgehead atoms. The van der Waals surface area contributed by atoms with Crippen LogP contribution in [-0.4, -0.2) is 16.7 Å². The van der Waals surface area contributed by atoms with Gasteiger partial charge in [0.15, 0.2) is 11.6 Å². The summed E-state index contributed by atoms with van der Waals surface area (Å²) in [5.74, 6) is -0.0332. The van der Waals surface area contributed by atoms with E-state index in [1.807, 2.05) is 121 Å². The van der Waals surface area contributed by atoms with Crippen LogP contribution < -0.4 is 0 Å². The minimum atomic E-state index is -0.0873. The summed E-state index contributed by atoms with van der Waals surface area (Å²) in [6, 6.07) is 39.4. The third-order valence-electron chi connectivity index (χ3n) is 6.21. The molecular weight excluding hydrogens is 444 g/mol. The molecule has 0 aromatic heterocycles. The molecule has 0 saturated heterocycles. The Kier molecular flexibility index (Phi) is 6.65. The number of carbonyl (C=O) groups excluding carboxylic acids is 2. The molecular formula is C33H24O3. The van der Waals surface area contributed by atoms with E-state index < -0.39 is 0 Å². The molecule has 174 valence electrons. The minimum Gasteiger partial charge on any atom is -0.392 e. The van der Waals surface area contributed by atoms with Gasteiger partial charge in [0.25, 0.3) is 0 Å². The van der Waals surface area contributed by atoms with Crippen LogP contribution in [0.2, 0.25) is 0 Å². The van der Waals surface area contributed by atoms with E-state index in [1.165, 1.54) is 0 Å². The second-order valence-corrected chi connectivity index (χ2v) is 8.62. The van der Waals surface area contributed by atoms with Crippen LogP contribution in [0.4, 0.5) is 0 Å². The van der Waals surface area contributed by atoms with Gasteiger partial charge in [-0.05, 0) is 46.0 Å². The zero-order chi connectivity index (χ0) is 24.9. The smallest absolute Gasteiger partial charge is 0.193 e. The summed E-state index contributed by atoms with van der Waals surface area (Å²) in [7, 11) is 0. The molecule has 0 aliphatic carbocycles. The van der Waals surface area contributed by atoms with Gasteiger partial charge in [0.05, 0.1) is 6.61 Å². The Bertz CT molecular complexity index is 1390. The molecule has 0 radical (unpaired) electrons. The van der Waals surface area contributed by atoms with Crippen molar-refractivity contribution in [2.24, 2.45) is 0 Å². The first kappa shape index (κ1) is 23.2. The zero-order valence-corrected chi connectivity index (χ0v) is 19.6. The molecule has 36 heavy (non-hydrogen) atoms. The van der Waals surface area contributed by atoms with Crippen LogP contribution in [0.1, 0.15) is 37.4 Å². The fourth-order valence-corrected chi connectivity index (χ4v) is 4.26. The van der Waals surface area contributed by atoms with E-state index >= 15 is 0 Å². The first-order chi connectivity index (χ1) is 17.6. The summed E-state index contributed by atoms with van der Waals surface area (Å²) in [5.41, 5.74) is 7.15. The standard InChI is InChI=1S/C33H24O3/c34-22-23-19-30(24-11-15-28(16-12-24)32(35)26-7-3-1-4-8-26)21-31(20-23)25-13-17-29(18-14-25)33(36)27-9-5-2-6-10-27/h1-21,34H,22H2. The topological polar surface area (TPSA) is 54.4 Å². The van der Waals surface area contributed by atoms with E-state index in [0.717, 1.165) is 27.8 Å². The van der Waals surface area contributed by atoms with E-state index in [9.17, 15) is 14.7 Å². The predicted octanol–water partition coefficient (Wildman–Crippen LogP) is 6.97. The lowest BCUT2D eigenvalue weighted by Gasteiger charge is -2.11. The summed E-state index contributed by atoms with van der Waals surface area (Å²) in [4.78, 5) is 25.5. The molecule has 0 atom stereocenters. The van der Waals surface area contributed by atoms with Crippen molar-refractivity contribution in [2.75, 3.05) is 0 Å². The Morgan fingerprint density at radius 1 is 0.444 bits per heavy atom. The molecule has 0 amide bonds. The highest BCUT2D eigenvalue weighted by Crippen LogP contribution is 2.29. The minimum absolute atomic E-state index is 0.0166. The average molecular weight is 469 g/mol. The lowest BCUT2D eigenvalue weighted by molar-refractivity contribution is 0.103. The maximum Gasteiger partial charge on any atom is 0.193 e. The van der Waals surface area contributed by atoms with Gasteiger partial charge in [-0.25, -0.2) is 0 Å². The van der Waals surface area contributed by atoms with Crippen molar-refractivity contribution < 1.29 is 14.7 Å². The van der Waals surface area contributed by atoms with Gasteiger partial charge in [0.2, 0.25) is 0 Å². The Labute approximate surface area is 210 Å². The maximum absolute atomic E-state index is 12.7. The van der Waals surface area contributed by atoms with Gasteiger partial charge in [0.1, 0.15) is 0 Å². The second-order valence-electron chi connectivity index (χ2n) is 8.62. The van der Waals surface area contributed by atoms with Crippen LogP contribution in [0.3, 0.4) is 0 Å². The largest absolute Gasteiger partial charge is 0.392 e. The molecule has 0 unspecified atom stereocenters. The highest BCUT2D eigenvalue weighted by atomic mass is 16.3. The number of hydrogen-bond acceptors (Lipinski definition) is 3. The fourth-order valence-electron chi connectivity index (χ4n) is 4.26. The first-order valence-electron chi connectivity index (χ1n) is 11.8. The fraction of sp³-hybridized carbons (Fsp3) is 0.0303. The van der Waals surface area contributed by atoms with E-state index in [-0.39, 0.29) is 18.2 Å². The first-order valence-corrected chi connectivity index (χ1v) is 11.8. The number of hydrogen-bond donors (Lipinski definition) is 1. The van der Waals surface area contributed by atoms with Gasteiger partial charge in [-0.3, -0.25) is 9.59 Å². The number of benzene rings is 5. The van der Waals surface area contributed by atoms with E-state index in [4.69, 9.17) is 0 Å². The SMILES string of the molecule is O=C(c1ccccc1)c1ccc(-c2cc(CO)cc(-c3ccc(C(=O)c4ccccc4)cc3)c2)cc1. The highest BCUT2D eigenvalue weighted by Gasteiger charge is 2.12. The van der Waals surface area contributed by atoms with Gasteiger partial charge in [-0.1, -0.05) is 109 Å². The van der Waals surface area contributed by atoms with Crippen molar-refractivity contribution in [1.29, 1.82) is 0 Å². The summed E-state index contributed by atoms with van der Waals surface area (Å²) in [5, 5.41) is 9.88. The quantitative estimate of drug-likeness (QED) is 0.262. The van der Waals surface area contributed by atoms with Crippen LogP contribution in [0, 0.1) is 0 Å². The number of carbonyl (C=O) groups is 2. The maximum atomic E-state index is 12.7. The monoisotopic (exact) mass is 468 g/mol. The van der Waals surface area contributed by atoms with Crippen molar-refractivity contribution in [3.05, 3.63) is 155 Å². The van der Waals surface area contributed by atoms with E-state index in [0.29, 0.717) is 22.3 Å². The summed E-state index contributed by atoms with van der Waals surface area (Å²) >= 11 is 0. The van der Waals surface area contributed by atoms with Gasteiger partial charge >= 0.3 is 0 Å². The molecule has 0 spiro atoms. The van der Waals surface area contributed by atoms with E-state index in [2.05, 4.69) is 6.07 Å². The summed E-state index contributed by atoms with van der Waals surface area (Å²) in [6.45, 7) is -0.0873. The Balaban J connectivity index is 1.42. The van der Waals surface area contributed by atoms with Crippen molar-refractivity contribution in [1.82, 2.24) is 0 Å². The van der Waals surface area contributed by atoms with Gasteiger partial charge in [0, 0.05) is 22.3 Å². The summed E-state index contributed by atoms with van der Waals surface area (Å²) in [6.07, 6.45) is 0. The molecule has 5 aromatic rings. The van der Waals surface area contributed by atoms with Gasteiger partial charge in [-0.15, -0.1) is 0 Å². The van der Waals surface area contributed by atoms with Crippen molar-refractivity contribution in [3.8, 4) is 22.3 Å². The zero-order valence-electron chi connectivity index (χ0n) is 19.6. The molecule has 0 fully saturated rings. The van der Waals surface area contributed by atoms with E-state index in [1.54, 1.807) is 0 Å². The summed E-state index contributed by atoms with van der Waals surface area (Å²) < 4.78 is 0. The van der Waals surface area contributed by atoms with Crippen LogP contribution in [0.15, 0.2) is 127 Å².